The fourth-order valence-corrected chi connectivity index (χ4v) is 6.07. The van der Waals surface area contributed by atoms with Crippen LogP contribution >= 0.6 is 12.2 Å². The Kier molecular flexibility index (Phi) is 7.47. The summed E-state index contributed by atoms with van der Waals surface area (Å²) in [5, 5.41) is 11.0. The number of benzene rings is 2. The van der Waals surface area contributed by atoms with Crippen LogP contribution in [-0.4, -0.2) is 27.9 Å². The predicted molar refractivity (Wildman–Crippen MR) is 149 cm³/mol. The standard InChI is InChI=1S/C29H37N5S/c35-26(31-22-24-15-7-2-8-16-24)29(19-11-4-12-20-29)34-27-32-25(28(33-27)17-9-3-10-18-28)30-21-23-13-5-1-6-14-23/h1-2,5-8,13-16H,3-4,9-12,17-22H2,(H,31,35)(H2,30,32,33,34). The largest absolute Gasteiger partial charge is 0.374 e. The molecule has 0 aromatic heterocycles. The summed E-state index contributed by atoms with van der Waals surface area (Å²) in [6.45, 7) is 1.42. The van der Waals surface area contributed by atoms with Crippen molar-refractivity contribution in [3.8, 4) is 0 Å². The van der Waals surface area contributed by atoms with Crippen LogP contribution in [0.15, 0.2) is 70.6 Å². The third-order valence-electron chi connectivity index (χ3n) is 7.74. The van der Waals surface area contributed by atoms with Crippen LogP contribution in [0.3, 0.4) is 0 Å². The molecule has 2 aromatic carbocycles. The summed E-state index contributed by atoms with van der Waals surface area (Å²) in [5.41, 5.74) is 1.99. The van der Waals surface area contributed by atoms with Gasteiger partial charge in [0.25, 0.3) is 0 Å². The normalized spacial score (nSPS) is 21.8. The number of thiocarbonyl (C=S) groups is 1. The molecule has 2 aromatic rings. The van der Waals surface area contributed by atoms with Crippen molar-refractivity contribution in [1.82, 2.24) is 16.0 Å². The van der Waals surface area contributed by atoms with Crippen molar-refractivity contribution in [2.75, 3.05) is 0 Å². The Bertz CT molecular complexity index is 1050. The number of hydrogen-bond donors (Lipinski definition) is 3. The minimum atomic E-state index is -0.265. The number of amidine groups is 1. The summed E-state index contributed by atoms with van der Waals surface area (Å²) in [6.07, 6.45) is 11.5. The molecule has 0 unspecified atom stereocenters. The first-order valence-corrected chi connectivity index (χ1v) is 13.6. The van der Waals surface area contributed by atoms with E-state index in [-0.39, 0.29) is 11.1 Å². The third kappa shape index (κ3) is 5.58. The molecule has 2 saturated carbocycles. The second-order valence-corrected chi connectivity index (χ2v) is 10.7. The van der Waals surface area contributed by atoms with Crippen molar-refractivity contribution >= 4 is 29.0 Å². The van der Waals surface area contributed by atoms with Crippen LogP contribution in [0.25, 0.3) is 0 Å². The highest BCUT2D eigenvalue weighted by atomic mass is 32.1. The van der Waals surface area contributed by atoms with Crippen LogP contribution < -0.4 is 16.0 Å². The lowest BCUT2D eigenvalue weighted by molar-refractivity contribution is 0.344. The van der Waals surface area contributed by atoms with Gasteiger partial charge in [0.15, 0.2) is 5.96 Å². The zero-order chi connectivity index (χ0) is 24.0. The summed E-state index contributed by atoms with van der Waals surface area (Å²) in [5.74, 6) is 1.88. The maximum Gasteiger partial charge on any atom is 0.198 e. The van der Waals surface area contributed by atoms with E-state index in [4.69, 9.17) is 22.2 Å². The SMILES string of the molecule is S=C(NCc1ccccc1)C1(NC2=NC3(CCCCC3)C(=NCc3ccccc3)N2)CCCCC1. The van der Waals surface area contributed by atoms with E-state index >= 15 is 0 Å². The molecular formula is C29H37N5S. The summed E-state index contributed by atoms with van der Waals surface area (Å²) < 4.78 is 0. The third-order valence-corrected chi connectivity index (χ3v) is 8.28. The smallest absolute Gasteiger partial charge is 0.198 e. The van der Waals surface area contributed by atoms with Crippen LogP contribution in [0.4, 0.5) is 0 Å². The van der Waals surface area contributed by atoms with Gasteiger partial charge in [0.05, 0.1) is 12.1 Å². The molecule has 2 aliphatic carbocycles. The predicted octanol–water partition coefficient (Wildman–Crippen LogP) is 5.66. The first-order chi connectivity index (χ1) is 17.2. The lowest BCUT2D eigenvalue weighted by Gasteiger charge is -2.39. The van der Waals surface area contributed by atoms with Crippen molar-refractivity contribution in [2.45, 2.75) is 88.4 Å². The fraction of sp³-hybridized carbons (Fsp3) is 0.483. The number of nitrogens with zero attached hydrogens (tertiary/aromatic N) is 2. The van der Waals surface area contributed by atoms with Crippen LogP contribution in [-0.2, 0) is 13.1 Å². The lowest BCUT2D eigenvalue weighted by atomic mass is 9.81. The van der Waals surface area contributed by atoms with Crippen LogP contribution in [0.1, 0.15) is 75.3 Å². The van der Waals surface area contributed by atoms with E-state index in [1.54, 1.807) is 0 Å². The van der Waals surface area contributed by atoms with Crippen LogP contribution in [0.2, 0.25) is 0 Å². The summed E-state index contributed by atoms with van der Waals surface area (Å²) >= 11 is 6.03. The fourth-order valence-electron chi connectivity index (χ4n) is 5.75. The van der Waals surface area contributed by atoms with Gasteiger partial charge in [-0.15, -0.1) is 0 Å². The highest BCUT2D eigenvalue weighted by Crippen LogP contribution is 2.36. The lowest BCUT2D eigenvalue weighted by Crippen LogP contribution is -2.60. The molecule has 2 fully saturated rings. The Hall–Kier alpha value is -2.73. The molecule has 1 heterocycles. The molecule has 6 heteroatoms. The highest BCUT2D eigenvalue weighted by molar-refractivity contribution is 7.80. The molecule has 5 nitrogen and oxygen atoms in total. The van der Waals surface area contributed by atoms with E-state index in [1.165, 1.54) is 49.7 Å². The maximum atomic E-state index is 6.03. The van der Waals surface area contributed by atoms with E-state index in [0.29, 0.717) is 6.54 Å². The molecule has 1 spiro atoms. The Morgan fingerprint density at radius 3 is 2.09 bits per heavy atom. The van der Waals surface area contributed by atoms with Gasteiger partial charge in [0.2, 0.25) is 0 Å². The average molecular weight is 488 g/mol. The van der Waals surface area contributed by atoms with Gasteiger partial charge in [-0.05, 0) is 36.8 Å². The molecule has 3 aliphatic rings. The van der Waals surface area contributed by atoms with E-state index in [9.17, 15) is 0 Å². The quantitative estimate of drug-likeness (QED) is 0.460. The first-order valence-electron chi connectivity index (χ1n) is 13.2. The number of guanidine groups is 1. The molecule has 0 radical (unpaired) electrons. The molecule has 1 aliphatic heterocycles. The summed E-state index contributed by atoms with van der Waals surface area (Å²) in [4.78, 5) is 11.2. The second-order valence-electron chi connectivity index (χ2n) is 10.3. The van der Waals surface area contributed by atoms with Gasteiger partial charge in [0.1, 0.15) is 16.4 Å². The van der Waals surface area contributed by atoms with E-state index < -0.39 is 0 Å². The van der Waals surface area contributed by atoms with Gasteiger partial charge in [0, 0.05) is 6.54 Å². The van der Waals surface area contributed by atoms with Gasteiger partial charge in [-0.3, -0.25) is 4.99 Å². The Balaban J connectivity index is 1.34. The van der Waals surface area contributed by atoms with Crippen molar-refractivity contribution in [3.63, 3.8) is 0 Å². The molecule has 3 N–H and O–H groups in total. The zero-order valence-corrected chi connectivity index (χ0v) is 21.4. The van der Waals surface area contributed by atoms with Crippen molar-refractivity contribution in [1.29, 1.82) is 0 Å². The van der Waals surface area contributed by atoms with E-state index in [0.717, 1.165) is 49.0 Å². The van der Waals surface area contributed by atoms with Gasteiger partial charge >= 0.3 is 0 Å². The minimum Gasteiger partial charge on any atom is -0.374 e. The van der Waals surface area contributed by atoms with Gasteiger partial charge in [-0.1, -0.05) is 111 Å². The van der Waals surface area contributed by atoms with Crippen LogP contribution in [0.5, 0.6) is 0 Å². The van der Waals surface area contributed by atoms with E-state index in [1.807, 2.05) is 6.07 Å². The van der Waals surface area contributed by atoms with Crippen molar-refractivity contribution in [3.05, 3.63) is 71.8 Å². The minimum absolute atomic E-state index is 0.218. The van der Waals surface area contributed by atoms with E-state index in [2.05, 4.69) is 70.5 Å². The Labute approximate surface area is 214 Å². The van der Waals surface area contributed by atoms with Crippen molar-refractivity contribution < 1.29 is 0 Å². The topological polar surface area (TPSA) is 60.8 Å². The Morgan fingerprint density at radius 1 is 0.829 bits per heavy atom. The number of rotatable bonds is 6. The molecule has 0 amide bonds. The second kappa shape index (κ2) is 10.9. The zero-order valence-electron chi connectivity index (χ0n) is 20.6. The molecule has 0 saturated heterocycles. The molecule has 0 bridgehead atoms. The summed E-state index contributed by atoms with van der Waals surface area (Å²) in [6, 6.07) is 21.0. The molecule has 184 valence electrons. The molecular weight excluding hydrogens is 450 g/mol. The van der Waals surface area contributed by atoms with Crippen molar-refractivity contribution in [2.24, 2.45) is 9.98 Å². The monoisotopic (exact) mass is 487 g/mol. The van der Waals surface area contributed by atoms with Gasteiger partial charge in [-0.2, -0.15) is 0 Å². The molecule has 35 heavy (non-hydrogen) atoms. The molecule has 0 atom stereocenters. The number of nitrogens with one attached hydrogen (secondary N) is 3. The first kappa shape index (κ1) is 24.0. The Morgan fingerprint density at radius 2 is 1.43 bits per heavy atom. The highest BCUT2D eigenvalue weighted by Gasteiger charge is 2.45. The van der Waals surface area contributed by atoms with Crippen LogP contribution in [0, 0.1) is 0 Å². The molecule has 5 rings (SSSR count). The van der Waals surface area contributed by atoms with Gasteiger partial charge in [-0.25, -0.2) is 4.99 Å². The number of hydrogen-bond acceptors (Lipinski definition) is 4. The number of aliphatic imine (C=N–C) groups is 2. The van der Waals surface area contributed by atoms with Gasteiger partial charge < -0.3 is 16.0 Å². The summed E-state index contributed by atoms with van der Waals surface area (Å²) in [7, 11) is 0. The maximum absolute atomic E-state index is 6.03. The average Bonchev–Trinajstić information content (AvgIpc) is 3.23.